The molecule has 5 nitrogen and oxygen atoms in total. The van der Waals surface area contributed by atoms with Crippen molar-refractivity contribution in [2.75, 3.05) is 0 Å². The Morgan fingerprint density at radius 1 is 1.16 bits per heavy atom. The van der Waals surface area contributed by atoms with Crippen LogP contribution in [0.15, 0.2) is 54.6 Å². The second kappa shape index (κ2) is 5.27. The fraction of sp³-hybridized carbons (Fsp3) is 0.0526. The van der Waals surface area contributed by atoms with Gasteiger partial charge in [-0.3, -0.25) is 14.8 Å². The average molecular weight is 346 g/mol. The first kappa shape index (κ1) is 14.4. The third kappa shape index (κ3) is 2.05. The zero-order valence-electron chi connectivity index (χ0n) is 13.2. The molecule has 0 fully saturated rings. The zero-order chi connectivity index (χ0) is 17.0. The highest BCUT2D eigenvalue weighted by Gasteiger charge is 2.25. The number of benzene rings is 2. The minimum absolute atomic E-state index is 0.327. The molecule has 1 aliphatic rings. The molecule has 0 bridgehead atoms. The van der Waals surface area contributed by atoms with E-state index >= 15 is 0 Å². The first-order valence-electron chi connectivity index (χ1n) is 7.96. The molecule has 3 N–H and O–H groups in total. The summed E-state index contributed by atoms with van der Waals surface area (Å²) in [5.74, 6) is 5.05. The van der Waals surface area contributed by atoms with Crippen LogP contribution in [-0.2, 0) is 6.42 Å². The van der Waals surface area contributed by atoms with E-state index in [1.165, 1.54) is 16.0 Å². The lowest BCUT2D eigenvalue weighted by Crippen LogP contribution is -2.31. The van der Waals surface area contributed by atoms with E-state index in [2.05, 4.69) is 23.6 Å². The maximum Gasteiger partial charge on any atom is 0.282 e. The first-order valence-corrected chi connectivity index (χ1v) is 8.77. The van der Waals surface area contributed by atoms with Gasteiger partial charge in [0.15, 0.2) is 5.13 Å². The maximum absolute atomic E-state index is 12.3. The zero-order valence-corrected chi connectivity index (χ0v) is 14.0. The number of carbonyl (C=O) groups excluding carboxylic acids is 1. The summed E-state index contributed by atoms with van der Waals surface area (Å²) in [6, 6.07) is 18.1. The van der Waals surface area contributed by atoms with E-state index in [-0.39, 0.29) is 5.91 Å². The molecule has 5 rings (SSSR count). The fourth-order valence-corrected chi connectivity index (χ4v) is 4.57. The second-order valence-electron chi connectivity index (χ2n) is 6.00. The molecule has 0 saturated carbocycles. The molecule has 0 spiro atoms. The van der Waals surface area contributed by atoms with Gasteiger partial charge in [0, 0.05) is 22.2 Å². The molecular weight excluding hydrogens is 332 g/mol. The van der Waals surface area contributed by atoms with Gasteiger partial charge in [-0.15, -0.1) is 11.3 Å². The number of nitrogens with one attached hydrogen (secondary N) is 1. The van der Waals surface area contributed by atoms with Crippen LogP contribution in [0, 0.1) is 0 Å². The number of nitrogen functional groups attached to an aromatic ring is 1. The summed E-state index contributed by atoms with van der Waals surface area (Å²) >= 11 is 1.62. The Kier molecular flexibility index (Phi) is 3.03. The Hall–Kier alpha value is -2.96. The van der Waals surface area contributed by atoms with Crippen molar-refractivity contribution in [3.8, 4) is 16.4 Å². The van der Waals surface area contributed by atoms with Crippen molar-refractivity contribution in [2.24, 2.45) is 5.84 Å². The van der Waals surface area contributed by atoms with E-state index < -0.39 is 0 Å². The van der Waals surface area contributed by atoms with E-state index in [0.29, 0.717) is 5.69 Å². The molecule has 2 heterocycles. The van der Waals surface area contributed by atoms with Crippen LogP contribution in [0.2, 0.25) is 0 Å². The highest BCUT2D eigenvalue weighted by atomic mass is 32.1. The van der Waals surface area contributed by atoms with Crippen LogP contribution in [0.4, 0.5) is 0 Å². The second-order valence-corrected chi connectivity index (χ2v) is 7.06. The van der Waals surface area contributed by atoms with Crippen molar-refractivity contribution < 1.29 is 4.79 Å². The lowest BCUT2D eigenvalue weighted by atomic mass is 10.1. The minimum atomic E-state index is -0.327. The quantitative estimate of drug-likeness (QED) is 0.293. The number of nitrogens with two attached hydrogens (primary N) is 1. The van der Waals surface area contributed by atoms with Crippen molar-refractivity contribution >= 4 is 28.1 Å². The molecule has 2 aromatic heterocycles. The van der Waals surface area contributed by atoms with Gasteiger partial charge in [-0.2, -0.15) is 0 Å². The number of rotatable bonds is 2. The molecule has 0 radical (unpaired) electrons. The number of hydrogen-bond acceptors (Lipinski definition) is 4. The van der Waals surface area contributed by atoms with E-state index in [1.807, 2.05) is 41.0 Å². The summed E-state index contributed by atoms with van der Waals surface area (Å²) < 4.78 is 1.89. The molecule has 122 valence electrons. The number of thiazole rings is 1. The standard InChI is InChI=1S/C19H14N4OS/c20-22-18(24)15-9-12-6-2-4-8-14(12)23(15)19-21-17-13-7-3-1-5-11(13)10-16(17)25-19/h1-9H,10,20H2,(H,22,24). The van der Waals surface area contributed by atoms with Gasteiger partial charge < -0.3 is 0 Å². The van der Waals surface area contributed by atoms with Crippen molar-refractivity contribution in [3.63, 3.8) is 0 Å². The van der Waals surface area contributed by atoms with Crippen LogP contribution >= 0.6 is 11.3 Å². The van der Waals surface area contributed by atoms with Crippen molar-refractivity contribution in [1.29, 1.82) is 0 Å². The van der Waals surface area contributed by atoms with Gasteiger partial charge >= 0.3 is 0 Å². The Labute approximate surface area is 147 Å². The third-order valence-electron chi connectivity index (χ3n) is 4.58. The largest absolute Gasteiger partial charge is 0.289 e. The highest BCUT2D eigenvalue weighted by Crippen LogP contribution is 2.41. The number of carbonyl (C=O) groups is 1. The molecule has 6 heteroatoms. The predicted molar refractivity (Wildman–Crippen MR) is 98.8 cm³/mol. The summed E-state index contributed by atoms with van der Waals surface area (Å²) in [4.78, 5) is 18.4. The fourth-order valence-electron chi connectivity index (χ4n) is 3.45. The van der Waals surface area contributed by atoms with E-state index in [9.17, 15) is 4.79 Å². The monoisotopic (exact) mass is 346 g/mol. The normalized spacial score (nSPS) is 12.2. The third-order valence-corrected chi connectivity index (χ3v) is 5.62. The van der Waals surface area contributed by atoms with Gasteiger partial charge in [-0.25, -0.2) is 10.8 Å². The van der Waals surface area contributed by atoms with Gasteiger partial charge in [0.2, 0.25) is 0 Å². The Morgan fingerprint density at radius 2 is 1.96 bits per heavy atom. The van der Waals surface area contributed by atoms with E-state index in [1.54, 1.807) is 11.3 Å². The van der Waals surface area contributed by atoms with E-state index in [4.69, 9.17) is 10.8 Å². The molecule has 1 amide bonds. The number of hydrazine groups is 1. The van der Waals surface area contributed by atoms with Crippen molar-refractivity contribution in [1.82, 2.24) is 15.0 Å². The topological polar surface area (TPSA) is 72.9 Å². The molecule has 0 saturated heterocycles. The molecule has 1 aliphatic carbocycles. The molecule has 4 aromatic rings. The Morgan fingerprint density at radius 3 is 2.84 bits per heavy atom. The lowest BCUT2D eigenvalue weighted by molar-refractivity contribution is 0.0947. The van der Waals surface area contributed by atoms with Gasteiger partial charge in [-0.1, -0.05) is 42.5 Å². The molecular formula is C19H14N4OS. The highest BCUT2D eigenvalue weighted by molar-refractivity contribution is 7.14. The van der Waals surface area contributed by atoms with Crippen LogP contribution < -0.4 is 11.3 Å². The van der Waals surface area contributed by atoms with Crippen LogP contribution in [-0.4, -0.2) is 15.5 Å². The van der Waals surface area contributed by atoms with Gasteiger partial charge in [0.25, 0.3) is 5.91 Å². The van der Waals surface area contributed by atoms with Crippen molar-refractivity contribution in [2.45, 2.75) is 6.42 Å². The number of nitrogens with zero attached hydrogens (tertiary/aromatic N) is 2. The Balaban J connectivity index is 1.75. The average Bonchev–Trinajstić information content (AvgIpc) is 3.30. The summed E-state index contributed by atoms with van der Waals surface area (Å²) in [6.07, 6.45) is 0.890. The molecule has 2 aromatic carbocycles. The van der Waals surface area contributed by atoms with Crippen LogP contribution in [0.1, 0.15) is 20.9 Å². The molecule has 25 heavy (non-hydrogen) atoms. The predicted octanol–water partition coefficient (Wildman–Crippen LogP) is 3.26. The van der Waals surface area contributed by atoms with Crippen LogP contribution in [0.25, 0.3) is 27.3 Å². The molecule has 0 aliphatic heterocycles. The molecule has 0 unspecified atom stereocenters. The van der Waals surface area contributed by atoms with Crippen LogP contribution in [0.5, 0.6) is 0 Å². The van der Waals surface area contributed by atoms with Crippen molar-refractivity contribution in [3.05, 3.63) is 70.7 Å². The summed E-state index contributed by atoms with van der Waals surface area (Å²) in [7, 11) is 0. The minimum Gasteiger partial charge on any atom is -0.289 e. The number of para-hydroxylation sites is 1. The summed E-state index contributed by atoms with van der Waals surface area (Å²) in [5.41, 5.74) is 7.18. The number of fused-ring (bicyclic) bond motifs is 4. The van der Waals surface area contributed by atoms with Crippen LogP contribution in [0.3, 0.4) is 0 Å². The smallest absolute Gasteiger partial charge is 0.282 e. The first-order chi connectivity index (χ1) is 12.3. The number of aromatic nitrogens is 2. The Bertz CT molecular complexity index is 1140. The SMILES string of the molecule is NNC(=O)c1cc2ccccc2n1-c1nc2c(s1)Cc1ccccc1-2. The van der Waals surface area contributed by atoms with Gasteiger partial charge in [0.1, 0.15) is 5.69 Å². The summed E-state index contributed by atoms with van der Waals surface area (Å²) in [5, 5.41) is 1.77. The number of amides is 1. The van der Waals surface area contributed by atoms with Gasteiger partial charge in [-0.05, 0) is 17.7 Å². The summed E-state index contributed by atoms with van der Waals surface area (Å²) in [6.45, 7) is 0. The number of hydrogen-bond donors (Lipinski definition) is 2. The lowest BCUT2D eigenvalue weighted by Gasteiger charge is -2.06. The van der Waals surface area contributed by atoms with Gasteiger partial charge in [0.05, 0.1) is 11.2 Å². The molecule has 0 atom stereocenters. The van der Waals surface area contributed by atoms with E-state index in [0.717, 1.165) is 28.1 Å². The maximum atomic E-state index is 12.3.